The van der Waals surface area contributed by atoms with Crippen molar-refractivity contribution in [1.82, 2.24) is 0 Å². The Balaban J connectivity index is 2.06. The predicted molar refractivity (Wildman–Crippen MR) is 101 cm³/mol. The summed E-state index contributed by atoms with van der Waals surface area (Å²) in [5.41, 5.74) is 8.42. The molecule has 24 heavy (non-hydrogen) atoms. The zero-order valence-electron chi connectivity index (χ0n) is 14.2. The van der Waals surface area contributed by atoms with Crippen molar-refractivity contribution in [1.29, 1.82) is 0 Å². The van der Waals surface area contributed by atoms with E-state index in [2.05, 4.69) is 29.7 Å². The van der Waals surface area contributed by atoms with Crippen molar-refractivity contribution in [3.8, 4) is 0 Å². The average molecular weight is 346 g/mol. The zero-order valence-corrected chi connectivity index (χ0v) is 15.0. The smallest absolute Gasteiger partial charge is 0.228 e. The summed E-state index contributed by atoms with van der Waals surface area (Å²) < 4.78 is 0. The lowest BCUT2D eigenvalue weighted by Crippen LogP contribution is -2.34. The van der Waals surface area contributed by atoms with Gasteiger partial charge in [0.1, 0.15) is 0 Å². The van der Waals surface area contributed by atoms with E-state index in [0.717, 1.165) is 5.69 Å². The van der Waals surface area contributed by atoms with Gasteiger partial charge in [-0.25, -0.2) is 0 Å². The molecule has 5 heteroatoms. The number of carbonyl (C=O) groups excluding carboxylic acids is 1. The van der Waals surface area contributed by atoms with Gasteiger partial charge in [-0.1, -0.05) is 48.9 Å². The van der Waals surface area contributed by atoms with Gasteiger partial charge in [0.05, 0.1) is 16.6 Å². The van der Waals surface area contributed by atoms with E-state index in [1.54, 1.807) is 13.0 Å². The van der Waals surface area contributed by atoms with Crippen LogP contribution in [-0.2, 0) is 4.79 Å². The lowest BCUT2D eigenvalue weighted by Gasteiger charge is -2.18. The minimum atomic E-state index is -0.264. The van der Waals surface area contributed by atoms with Crippen molar-refractivity contribution in [2.45, 2.75) is 32.9 Å². The fourth-order valence-corrected chi connectivity index (χ4v) is 2.50. The van der Waals surface area contributed by atoms with E-state index < -0.39 is 0 Å². The van der Waals surface area contributed by atoms with E-state index in [1.165, 1.54) is 5.56 Å². The molecule has 0 spiro atoms. The number of nitrogens with two attached hydrogens (primary N) is 1. The quantitative estimate of drug-likeness (QED) is 0.725. The number of hydrogen-bond donors (Lipinski definition) is 3. The number of rotatable bonds is 6. The van der Waals surface area contributed by atoms with Crippen LogP contribution in [0.1, 0.15) is 32.4 Å². The Morgan fingerprint density at radius 1 is 1.08 bits per heavy atom. The summed E-state index contributed by atoms with van der Waals surface area (Å²) in [6, 6.07) is 15.5. The van der Waals surface area contributed by atoms with Gasteiger partial charge < -0.3 is 16.4 Å². The van der Waals surface area contributed by atoms with Crippen LogP contribution in [-0.4, -0.2) is 11.9 Å². The van der Waals surface area contributed by atoms with Crippen molar-refractivity contribution in [3.05, 3.63) is 59.1 Å². The molecular formula is C19H24ClN3O. The highest BCUT2D eigenvalue weighted by molar-refractivity contribution is 6.33. The third-order valence-corrected chi connectivity index (χ3v) is 4.42. The number of halogens is 1. The van der Waals surface area contributed by atoms with Crippen molar-refractivity contribution >= 4 is 28.9 Å². The molecule has 4 N–H and O–H groups in total. The van der Waals surface area contributed by atoms with Crippen LogP contribution in [0.5, 0.6) is 0 Å². The Morgan fingerprint density at radius 3 is 2.33 bits per heavy atom. The van der Waals surface area contributed by atoms with E-state index in [9.17, 15) is 4.79 Å². The first-order valence-electron chi connectivity index (χ1n) is 8.06. The van der Waals surface area contributed by atoms with Crippen LogP contribution in [0.15, 0.2) is 48.5 Å². The minimum absolute atomic E-state index is 0.112. The van der Waals surface area contributed by atoms with E-state index in [4.69, 9.17) is 17.3 Å². The minimum Gasteiger partial charge on any atom is -0.377 e. The molecule has 0 aliphatic carbocycles. The Morgan fingerprint density at radius 2 is 1.75 bits per heavy atom. The van der Waals surface area contributed by atoms with Crippen LogP contribution in [0.2, 0.25) is 5.02 Å². The van der Waals surface area contributed by atoms with E-state index in [1.807, 2.05) is 37.3 Å². The van der Waals surface area contributed by atoms with Crippen LogP contribution in [0.4, 0.5) is 11.4 Å². The van der Waals surface area contributed by atoms with Crippen molar-refractivity contribution in [3.63, 3.8) is 0 Å². The molecule has 0 aromatic heterocycles. The first-order chi connectivity index (χ1) is 11.4. The summed E-state index contributed by atoms with van der Waals surface area (Å²) in [6.07, 6.45) is 0. The standard InChI is InChI=1S/C19H24ClN3O/c1-12(13(2)21)19(24)23-16-9-10-18(17(20)11-16)22-14(3)15-7-5-4-6-8-15/h4-14,22H,21H2,1-3H3,(H,23,24). The van der Waals surface area contributed by atoms with Crippen molar-refractivity contribution < 1.29 is 4.79 Å². The van der Waals surface area contributed by atoms with Gasteiger partial charge in [0, 0.05) is 17.8 Å². The molecule has 0 aliphatic heterocycles. The molecule has 3 atom stereocenters. The predicted octanol–water partition coefficient (Wildman–Crippen LogP) is 4.43. The molecule has 2 rings (SSSR count). The van der Waals surface area contributed by atoms with E-state index in [-0.39, 0.29) is 23.9 Å². The number of anilines is 2. The molecule has 1 amide bonds. The molecule has 0 saturated carbocycles. The van der Waals surface area contributed by atoms with Crippen molar-refractivity contribution in [2.75, 3.05) is 10.6 Å². The normalized spacial score (nSPS) is 14.5. The maximum atomic E-state index is 12.1. The second-order valence-corrected chi connectivity index (χ2v) is 6.52. The highest BCUT2D eigenvalue weighted by Crippen LogP contribution is 2.29. The van der Waals surface area contributed by atoms with Gasteiger partial charge >= 0.3 is 0 Å². The number of hydrogen-bond acceptors (Lipinski definition) is 3. The number of benzene rings is 2. The van der Waals surface area contributed by atoms with E-state index in [0.29, 0.717) is 10.7 Å². The maximum Gasteiger partial charge on any atom is 0.228 e. The fraction of sp³-hybridized carbons (Fsp3) is 0.316. The first kappa shape index (κ1) is 18.3. The monoisotopic (exact) mass is 345 g/mol. The molecule has 4 nitrogen and oxygen atoms in total. The fourth-order valence-electron chi connectivity index (χ4n) is 2.26. The Kier molecular flexibility index (Phi) is 6.23. The SMILES string of the molecule is CC(Nc1ccc(NC(=O)C(C)C(C)N)cc1Cl)c1ccccc1. The van der Waals surface area contributed by atoms with Gasteiger partial charge in [0.2, 0.25) is 5.91 Å². The Labute approximate surface area is 148 Å². The molecule has 128 valence electrons. The summed E-state index contributed by atoms with van der Waals surface area (Å²) >= 11 is 6.35. The Bertz CT molecular complexity index is 688. The topological polar surface area (TPSA) is 67.1 Å². The largest absolute Gasteiger partial charge is 0.377 e. The third-order valence-electron chi connectivity index (χ3n) is 4.11. The van der Waals surface area contributed by atoms with Crippen LogP contribution in [0.3, 0.4) is 0 Å². The second kappa shape index (κ2) is 8.18. The van der Waals surface area contributed by atoms with Gasteiger partial charge in [-0.05, 0) is 37.6 Å². The van der Waals surface area contributed by atoms with Gasteiger partial charge in [-0.15, -0.1) is 0 Å². The molecule has 2 aromatic rings. The van der Waals surface area contributed by atoms with Gasteiger partial charge in [0.25, 0.3) is 0 Å². The second-order valence-electron chi connectivity index (χ2n) is 6.11. The maximum absolute atomic E-state index is 12.1. The number of amides is 1. The number of carbonyl (C=O) groups is 1. The van der Waals surface area contributed by atoms with Gasteiger partial charge in [-0.3, -0.25) is 4.79 Å². The molecule has 0 fully saturated rings. The average Bonchev–Trinajstić information content (AvgIpc) is 2.57. The van der Waals surface area contributed by atoms with Gasteiger partial charge in [0.15, 0.2) is 0 Å². The van der Waals surface area contributed by atoms with Crippen LogP contribution < -0.4 is 16.4 Å². The highest BCUT2D eigenvalue weighted by Gasteiger charge is 2.17. The Hall–Kier alpha value is -2.04. The highest BCUT2D eigenvalue weighted by atomic mass is 35.5. The first-order valence-corrected chi connectivity index (χ1v) is 8.43. The molecular weight excluding hydrogens is 322 g/mol. The lowest BCUT2D eigenvalue weighted by atomic mass is 10.0. The molecule has 0 bridgehead atoms. The molecule has 0 saturated heterocycles. The van der Waals surface area contributed by atoms with Crippen LogP contribution in [0.25, 0.3) is 0 Å². The number of nitrogens with one attached hydrogen (secondary N) is 2. The summed E-state index contributed by atoms with van der Waals surface area (Å²) in [7, 11) is 0. The molecule has 3 unspecified atom stereocenters. The van der Waals surface area contributed by atoms with Crippen molar-refractivity contribution in [2.24, 2.45) is 11.7 Å². The van der Waals surface area contributed by atoms with Crippen LogP contribution >= 0.6 is 11.6 Å². The molecule has 0 heterocycles. The lowest BCUT2D eigenvalue weighted by molar-refractivity contribution is -0.119. The molecule has 2 aromatic carbocycles. The van der Waals surface area contributed by atoms with E-state index >= 15 is 0 Å². The molecule has 0 aliphatic rings. The third kappa shape index (κ3) is 4.73. The van der Waals surface area contributed by atoms with Crippen LogP contribution in [0, 0.1) is 5.92 Å². The zero-order chi connectivity index (χ0) is 17.7. The summed E-state index contributed by atoms with van der Waals surface area (Å²) in [6.45, 7) is 5.69. The summed E-state index contributed by atoms with van der Waals surface area (Å²) in [5, 5.41) is 6.79. The summed E-state index contributed by atoms with van der Waals surface area (Å²) in [4.78, 5) is 12.1. The molecule has 0 radical (unpaired) electrons. The summed E-state index contributed by atoms with van der Waals surface area (Å²) in [5.74, 6) is -0.376. The van der Waals surface area contributed by atoms with Gasteiger partial charge in [-0.2, -0.15) is 0 Å².